The van der Waals surface area contributed by atoms with Crippen molar-refractivity contribution in [3.8, 4) is 6.07 Å². The predicted octanol–water partition coefficient (Wildman–Crippen LogP) is 2.35. The molecule has 20 heavy (non-hydrogen) atoms. The van der Waals surface area contributed by atoms with E-state index in [1.807, 2.05) is 27.9 Å². The van der Waals surface area contributed by atoms with E-state index < -0.39 is 0 Å². The van der Waals surface area contributed by atoms with Gasteiger partial charge in [0.25, 0.3) is 0 Å². The monoisotopic (exact) mass is 275 g/mol. The summed E-state index contributed by atoms with van der Waals surface area (Å²) in [6.07, 6.45) is 1.03. The molecule has 110 valence electrons. The summed E-state index contributed by atoms with van der Waals surface area (Å²) in [5.41, 5.74) is 2.31. The van der Waals surface area contributed by atoms with Gasteiger partial charge in [-0.05, 0) is 45.8 Å². The van der Waals surface area contributed by atoms with Gasteiger partial charge in [-0.25, -0.2) is 0 Å². The lowest BCUT2D eigenvalue weighted by atomic mass is 10.0. The Bertz CT molecular complexity index is 478. The Morgan fingerprint density at radius 3 is 2.40 bits per heavy atom. The van der Waals surface area contributed by atoms with E-state index in [0.717, 1.165) is 24.2 Å². The van der Waals surface area contributed by atoms with Crippen LogP contribution in [0.4, 0.5) is 5.82 Å². The van der Waals surface area contributed by atoms with Gasteiger partial charge in [-0.15, -0.1) is 5.10 Å². The predicted molar refractivity (Wildman–Crippen MR) is 81.6 cm³/mol. The number of nitrogens with zero attached hydrogens (tertiary/aromatic N) is 4. The fourth-order valence-electron chi connectivity index (χ4n) is 2.23. The molecular formula is C15H25N5. The minimum atomic E-state index is 0.258. The van der Waals surface area contributed by atoms with Crippen molar-refractivity contribution in [2.75, 3.05) is 26.0 Å². The summed E-state index contributed by atoms with van der Waals surface area (Å²) in [6, 6.07) is 2.50. The van der Waals surface area contributed by atoms with Crippen LogP contribution in [0.3, 0.4) is 0 Å². The van der Waals surface area contributed by atoms with Gasteiger partial charge < -0.3 is 10.2 Å². The molecule has 5 nitrogen and oxygen atoms in total. The maximum absolute atomic E-state index is 9.33. The zero-order valence-corrected chi connectivity index (χ0v) is 13.4. The molecule has 0 aliphatic heterocycles. The topological polar surface area (TPSA) is 64.8 Å². The Morgan fingerprint density at radius 2 is 1.90 bits per heavy atom. The molecule has 0 saturated carbocycles. The Hall–Kier alpha value is -1.67. The molecule has 0 saturated heterocycles. The highest BCUT2D eigenvalue weighted by atomic mass is 15.2. The first-order chi connectivity index (χ1) is 9.35. The highest BCUT2D eigenvalue weighted by molar-refractivity contribution is 5.56. The molecule has 1 N–H and O–H groups in total. The first kappa shape index (κ1) is 16.4. The van der Waals surface area contributed by atoms with E-state index in [2.05, 4.69) is 40.3 Å². The minimum Gasteiger partial charge on any atom is -0.363 e. The number of hydrogen-bond acceptors (Lipinski definition) is 5. The third-order valence-electron chi connectivity index (χ3n) is 3.25. The fraction of sp³-hybridized carbons (Fsp3) is 0.667. The van der Waals surface area contributed by atoms with Crippen LogP contribution in [0.5, 0.6) is 0 Å². The van der Waals surface area contributed by atoms with E-state index in [1.54, 1.807) is 0 Å². The normalized spacial score (nSPS) is 12.6. The Labute approximate surface area is 122 Å². The molecule has 1 atom stereocenters. The van der Waals surface area contributed by atoms with Crippen LogP contribution in [0.2, 0.25) is 0 Å². The number of likely N-dealkylation sites (N-methyl/N-ethyl adjacent to an activating group) is 1. The standard InChI is InChI=1S/C15H25N5/c1-10(2)7-13(9-20(5)6)17-15-14(8-16)11(3)12(4)18-19-15/h10,13H,7,9H2,1-6H3,(H,17,19). The van der Waals surface area contributed by atoms with E-state index in [-0.39, 0.29) is 6.04 Å². The third-order valence-corrected chi connectivity index (χ3v) is 3.25. The molecule has 1 aromatic heterocycles. The molecule has 1 aromatic rings. The van der Waals surface area contributed by atoms with E-state index in [0.29, 0.717) is 17.3 Å². The van der Waals surface area contributed by atoms with Gasteiger partial charge in [0.15, 0.2) is 5.82 Å². The van der Waals surface area contributed by atoms with Crippen LogP contribution < -0.4 is 5.32 Å². The summed E-state index contributed by atoms with van der Waals surface area (Å²) in [5.74, 6) is 1.18. The SMILES string of the molecule is Cc1nnc(NC(CC(C)C)CN(C)C)c(C#N)c1C. The quantitative estimate of drug-likeness (QED) is 0.863. The van der Waals surface area contributed by atoms with E-state index in [1.165, 1.54) is 0 Å². The van der Waals surface area contributed by atoms with Crippen LogP contribution in [0.1, 0.15) is 37.1 Å². The lowest BCUT2D eigenvalue weighted by molar-refractivity contribution is 0.356. The summed E-state index contributed by atoms with van der Waals surface area (Å²) < 4.78 is 0. The third kappa shape index (κ3) is 4.46. The van der Waals surface area contributed by atoms with Crippen LogP contribution in [0.15, 0.2) is 0 Å². The number of anilines is 1. The largest absolute Gasteiger partial charge is 0.363 e. The average Bonchev–Trinajstić information content (AvgIpc) is 2.32. The van der Waals surface area contributed by atoms with Gasteiger partial charge in [0.1, 0.15) is 11.6 Å². The van der Waals surface area contributed by atoms with Gasteiger partial charge in [-0.2, -0.15) is 10.4 Å². The second-order valence-electron chi connectivity index (χ2n) is 5.98. The maximum atomic E-state index is 9.33. The number of hydrogen-bond donors (Lipinski definition) is 1. The van der Waals surface area contributed by atoms with Crippen LogP contribution in [-0.2, 0) is 0 Å². The molecule has 0 fully saturated rings. The summed E-state index contributed by atoms with van der Waals surface area (Å²) >= 11 is 0. The molecule has 0 aromatic carbocycles. The summed E-state index contributed by atoms with van der Waals surface area (Å²) in [5, 5.41) is 21.0. The molecule has 0 amide bonds. The Morgan fingerprint density at radius 1 is 1.25 bits per heavy atom. The van der Waals surface area contributed by atoms with Crippen molar-refractivity contribution in [2.24, 2.45) is 5.92 Å². The van der Waals surface area contributed by atoms with Crippen molar-refractivity contribution < 1.29 is 0 Å². The van der Waals surface area contributed by atoms with E-state index >= 15 is 0 Å². The molecule has 0 aliphatic carbocycles. The second-order valence-corrected chi connectivity index (χ2v) is 5.98. The Balaban J connectivity index is 2.99. The van der Waals surface area contributed by atoms with Crippen LogP contribution >= 0.6 is 0 Å². The lowest BCUT2D eigenvalue weighted by Gasteiger charge is -2.25. The first-order valence-corrected chi connectivity index (χ1v) is 7.00. The molecule has 0 spiro atoms. The molecule has 5 heteroatoms. The number of aromatic nitrogens is 2. The maximum Gasteiger partial charge on any atom is 0.167 e. The zero-order chi connectivity index (χ0) is 15.3. The minimum absolute atomic E-state index is 0.258. The van der Waals surface area contributed by atoms with Gasteiger partial charge in [0.05, 0.1) is 5.69 Å². The van der Waals surface area contributed by atoms with Crippen molar-refractivity contribution in [3.05, 3.63) is 16.8 Å². The van der Waals surface area contributed by atoms with Gasteiger partial charge in [0, 0.05) is 12.6 Å². The van der Waals surface area contributed by atoms with Crippen molar-refractivity contribution >= 4 is 5.82 Å². The van der Waals surface area contributed by atoms with Crippen molar-refractivity contribution in [2.45, 2.75) is 40.2 Å². The molecular weight excluding hydrogens is 250 g/mol. The number of rotatable bonds is 6. The van der Waals surface area contributed by atoms with Gasteiger partial charge >= 0.3 is 0 Å². The van der Waals surface area contributed by atoms with Crippen molar-refractivity contribution in [1.82, 2.24) is 15.1 Å². The van der Waals surface area contributed by atoms with Crippen molar-refractivity contribution in [1.29, 1.82) is 5.26 Å². The summed E-state index contributed by atoms with van der Waals surface area (Å²) in [4.78, 5) is 2.14. The van der Waals surface area contributed by atoms with Gasteiger partial charge in [-0.3, -0.25) is 0 Å². The molecule has 0 bridgehead atoms. The van der Waals surface area contributed by atoms with Crippen LogP contribution in [-0.4, -0.2) is 41.8 Å². The van der Waals surface area contributed by atoms with Gasteiger partial charge in [-0.1, -0.05) is 13.8 Å². The van der Waals surface area contributed by atoms with Crippen molar-refractivity contribution in [3.63, 3.8) is 0 Å². The Kier molecular flexibility index (Phi) is 5.90. The highest BCUT2D eigenvalue weighted by Crippen LogP contribution is 2.19. The number of nitriles is 1. The summed E-state index contributed by atoms with van der Waals surface area (Å²) in [7, 11) is 4.10. The second kappa shape index (κ2) is 7.20. The zero-order valence-electron chi connectivity index (χ0n) is 13.4. The average molecular weight is 275 g/mol. The molecule has 1 rings (SSSR count). The molecule has 1 heterocycles. The van der Waals surface area contributed by atoms with Crippen LogP contribution in [0.25, 0.3) is 0 Å². The highest BCUT2D eigenvalue weighted by Gasteiger charge is 2.17. The van der Waals surface area contributed by atoms with Crippen LogP contribution in [0, 0.1) is 31.1 Å². The first-order valence-electron chi connectivity index (χ1n) is 7.00. The molecule has 0 radical (unpaired) electrons. The molecule has 1 unspecified atom stereocenters. The van der Waals surface area contributed by atoms with E-state index in [4.69, 9.17) is 0 Å². The summed E-state index contributed by atoms with van der Waals surface area (Å²) in [6.45, 7) is 9.08. The fourth-order valence-corrected chi connectivity index (χ4v) is 2.23. The van der Waals surface area contributed by atoms with E-state index in [9.17, 15) is 5.26 Å². The van der Waals surface area contributed by atoms with Gasteiger partial charge in [0.2, 0.25) is 0 Å². The lowest BCUT2D eigenvalue weighted by Crippen LogP contribution is -2.34. The number of aryl methyl sites for hydroxylation is 1. The number of nitrogens with one attached hydrogen (secondary N) is 1. The molecule has 0 aliphatic rings. The smallest absolute Gasteiger partial charge is 0.167 e.